The zero-order valence-corrected chi connectivity index (χ0v) is 11.9. The highest BCUT2D eigenvalue weighted by Crippen LogP contribution is 2.35. The average Bonchev–Trinajstić information content (AvgIpc) is 2.35. The molecule has 0 aliphatic heterocycles. The first-order valence-corrected chi connectivity index (χ1v) is 6.89. The summed E-state index contributed by atoms with van der Waals surface area (Å²) in [4.78, 5) is 2.39. The van der Waals surface area contributed by atoms with Crippen LogP contribution in [0.25, 0.3) is 0 Å². The summed E-state index contributed by atoms with van der Waals surface area (Å²) in [6.07, 6.45) is 3.05. The maximum atomic E-state index is 9.56. The molecule has 18 heavy (non-hydrogen) atoms. The first-order valence-electron chi connectivity index (χ1n) is 6.51. The minimum absolute atomic E-state index is 0.164. The van der Waals surface area contributed by atoms with E-state index in [0.717, 1.165) is 44.5 Å². The molecular weight excluding hydrogens is 250 g/mol. The molecule has 0 aliphatic rings. The van der Waals surface area contributed by atoms with Crippen LogP contribution in [0.3, 0.4) is 0 Å². The summed E-state index contributed by atoms with van der Waals surface area (Å²) in [6.45, 7) is 7.42. The first kappa shape index (κ1) is 15.1. The summed E-state index contributed by atoms with van der Waals surface area (Å²) in [6, 6.07) is 3.26. The molecule has 0 spiro atoms. The Morgan fingerprint density at radius 3 is 2.22 bits per heavy atom. The van der Waals surface area contributed by atoms with Crippen molar-refractivity contribution in [3.63, 3.8) is 0 Å². The number of rotatable bonds is 7. The van der Waals surface area contributed by atoms with Gasteiger partial charge < -0.3 is 15.1 Å². The zero-order chi connectivity index (χ0) is 13.5. The number of benzene rings is 1. The number of phenols is 2. The second kappa shape index (κ2) is 7.49. The van der Waals surface area contributed by atoms with Crippen molar-refractivity contribution in [1.82, 2.24) is 4.90 Å². The van der Waals surface area contributed by atoms with Crippen LogP contribution in [0.4, 0.5) is 0 Å². The molecule has 0 saturated carbocycles. The molecular formula is C14H22ClNO2. The second-order valence-corrected chi connectivity index (χ2v) is 4.88. The van der Waals surface area contributed by atoms with Crippen molar-refractivity contribution < 1.29 is 10.2 Å². The summed E-state index contributed by atoms with van der Waals surface area (Å²) >= 11 is 6.01. The van der Waals surface area contributed by atoms with E-state index in [4.69, 9.17) is 11.6 Å². The Balaban J connectivity index is 2.64. The van der Waals surface area contributed by atoms with E-state index in [-0.39, 0.29) is 16.5 Å². The molecule has 4 heteroatoms. The second-order valence-electron chi connectivity index (χ2n) is 4.50. The van der Waals surface area contributed by atoms with Gasteiger partial charge >= 0.3 is 0 Å². The van der Waals surface area contributed by atoms with Crippen molar-refractivity contribution >= 4 is 11.6 Å². The molecule has 0 saturated heterocycles. The lowest BCUT2D eigenvalue weighted by molar-refractivity contribution is 0.278. The fourth-order valence-corrected chi connectivity index (χ4v) is 2.29. The quantitative estimate of drug-likeness (QED) is 0.747. The number of hydrogen-bond acceptors (Lipinski definition) is 3. The average molecular weight is 272 g/mol. The fraction of sp³-hybridized carbons (Fsp3) is 0.571. The van der Waals surface area contributed by atoms with Crippen LogP contribution in [0.5, 0.6) is 11.5 Å². The van der Waals surface area contributed by atoms with Gasteiger partial charge in [0.05, 0.1) is 5.02 Å². The summed E-state index contributed by atoms with van der Waals surface area (Å²) in [5.41, 5.74) is 0.879. The lowest BCUT2D eigenvalue weighted by Crippen LogP contribution is -2.27. The molecule has 0 unspecified atom stereocenters. The van der Waals surface area contributed by atoms with Crippen LogP contribution in [0.1, 0.15) is 32.3 Å². The van der Waals surface area contributed by atoms with Crippen molar-refractivity contribution in [1.29, 1.82) is 0 Å². The van der Waals surface area contributed by atoms with Gasteiger partial charge in [-0.05, 0) is 44.0 Å². The maximum Gasteiger partial charge on any atom is 0.176 e. The largest absolute Gasteiger partial charge is 0.504 e. The summed E-state index contributed by atoms with van der Waals surface area (Å²) in [5, 5.41) is 19.2. The predicted molar refractivity (Wildman–Crippen MR) is 75.5 cm³/mol. The topological polar surface area (TPSA) is 43.7 Å². The third-order valence-electron chi connectivity index (χ3n) is 2.95. The van der Waals surface area contributed by atoms with Crippen LogP contribution in [0.2, 0.25) is 5.02 Å². The highest BCUT2D eigenvalue weighted by atomic mass is 35.5. The molecule has 0 amide bonds. The Bertz CT molecular complexity index is 376. The predicted octanol–water partition coefficient (Wildman–Crippen LogP) is 3.42. The van der Waals surface area contributed by atoms with Gasteiger partial charge in [0, 0.05) is 6.54 Å². The third kappa shape index (κ3) is 4.07. The summed E-state index contributed by atoms with van der Waals surface area (Å²) in [5.74, 6) is -0.380. The Labute approximate surface area is 114 Å². The van der Waals surface area contributed by atoms with Gasteiger partial charge in [-0.15, -0.1) is 0 Å². The molecule has 3 nitrogen and oxygen atoms in total. The minimum Gasteiger partial charge on any atom is -0.504 e. The molecule has 2 N–H and O–H groups in total. The molecule has 0 bridgehead atoms. The van der Waals surface area contributed by atoms with E-state index in [1.165, 1.54) is 6.07 Å². The Kier molecular flexibility index (Phi) is 6.30. The molecule has 0 atom stereocenters. The van der Waals surface area contributed by atoms with Crippen LogP contribution in [-0.2, 0) is 6.42 Å². The van der Waals surface area contributed by atoms with Crippen molar-refractivity contribution in [2.24, 2.45) is 0 Å². The Morgan fingerprint density at radius 2 is 1.67 bits per heavy atom. The number of aromatic hydroxyl groups is 2. The highest BCUT2D eigenvalue weighted by Gasteiger charge is 2.11. The van der Waals surface area contributed by atoms with Gasteiger partial charge in [-0.3, -0.25) is 0 Å². The SMILES string of the molecule is CCCN(CCC)CCc1ccc(O)c(O)c1Cl. The van der Waals surface area contributed by atoms with E-state index >= 15 is 0 Å². The molecule has 0 fully saturated rings. The van der Waals surface area contributed by atoms with Crippen molar-refractivity contribution in [2.75, 3.05) is 19.6 Å². The van der Waals surface area contributed by atoms with Gasteiger partial charge in [-0.1, -0.05) is 31.5 Å². The van der Waals surface area contributed by atoms with Gasteiger partial charge in [0.15, 0.2) is 11.5 Å². The van der Waals surface area contributed by atoms with Crippen LogP contribution >= 0.6 is 11.6 Å². The summed E-state index contributed by atoms with van der Waals surface area (Å²) < 4.78 is 0. The molecule has 1 rings (SSSR count). The Hall–Kier alpha value is -0.930. The van der Waals surface area contributed by atoms with Gasteiger partial charge in [0.1, 0.15) is 0 Å². The van der Waals surface area contributed by atoms with Crippen molar-refractivity contribution in [3.8, 4) is 11.5 Å². The van der Waals surface area contributed by atoms with Crippen LogP contribution < -0.4 is 0 Å². The number of hydrogen-bond donors (Lipinski definition) is 2. The van der Waals surface area contributed by atoms with Crippen molar-refractivity contribution in [3.05, 3.63) is 22.7 Å². The lowest BCUT2D eigenvalue weighted by atomic mass is 10.1. The molecule has 0 aliphatic carbocycles. The lowest BCUT2D eigenvalue weighted by Gasteiger charge is -2.21. The van der Waals surface area contributed by atoms with E-state index in [9.17, 15) is 10.2 Å². The monoisotopic (exact) mass is 271 g/mol. The third-order valence-corrected chi connectivity index (χ3v) is 3.37. The smallest absolute Gasteiger partial charge is 0.176 e. The van der Waals surface area contributed by atoms with E-state index in [1.54, 1.807) is 6.07 Å². The minimum atomic E-state index is -0.216. The number of halogens is 1. The Morgan fingerprint density at radius 1 is 1.06 bits per heavy atom. The summed E-state index contributed by atoms with van der Waals surface area (Å²) in [7, 11) is 0. The number of nitrogens with zero attached hydrogens (tertiary/aromatic N) is 1. The van der Waals surface area contributed by atoms with Crippen molar-refractivity contribution in [2.45, 2.75) is 33.1 Å². The van der Waals surface area contributed by atoms with Gasteiger partial charge in [0.2, 0.25) is 0 Å². The van der Waals surface area contributed by atoms with Gasteiger partial charge in [-0.2, -0.15) is 0 Å². The molecule has 102 valence electrons. The zero-order valence-electron chi connectivity index (χ0n) is 11.1. The van der Waals surface area contributed by atoms with Crippen LogP contribution in [-0.4, -0.2) is 34.7 Å². The molecule has 0 radical (unpaired) electrons. The van der Waals surface area contributed by atoms with Gasteiger partial charge in [0.25, 0.3) is 0 Å². The standard InChI is InChI=1S/C14H22ClNO2/c1-3-8-16(9-4-2)10-7-11-5-6-12(17)14(18)13(11)15/h5-6,17-18H,3-4,7-10H2,1-2H3. The van der Waals surface area contributed by atoms with Gasteiger partial charge in [-0.25, -0.2) is 0 Å². The molecule has 0 heterocycles. The molecule has 1 aromatic rings. The van der Waals surface area contributed by atoms with E-state index < -0.39 is 0 Å². The normalized spacial score (nSPS) is 11.1. The molecule has 0 aromatic heterocycles. The maximum absolute atomic E-state index is 9.56. The fourth-order valence-electron chi connectivity index (χ4n) is 2.04. The molecule has 1 aromatic carbocycles. The number of phenolic OH excluding ortho intramolecular Hbond substituents is 2. The van der Waals surface area contributed by atoms with E-state index in [1.807, 2.05) is 0 Å². The van der Waals surface area contributed by atoms with E-state index in [0.29, 0.717) is 0 Å². The van der Waals surface area contributed by atoms with Crippen LogP contribution in [0.15, 0.2) is 12.1 Å². The van der Waals surface area contributed by atoms with E-state index in [2.05, 4.69) is 18.7 Å². The van der Waals surface area contributed by atoms with Crippen LogP contribution in [0, 0.1) is 0 Å². The first-order chi connectivity index (χ1) is 8.60. The highest BCUT2D eigenvalue weighted by molar-refractivity contribution is 6.33.